The predicted octanol–water partition coefficient (Wildman–Crippen LogP) is 2.90. The topological polar surface area (TPSA) is 104 Å². The van der Waals surface area contributed by atoms with E-state index in [0.29, 0.717) is 30.0 Å². The van der Waals surface area contributed by atoms with Crippen LogP contribution in [0.5, 0.6) is 0 Å². The number of carbonyl (C=O) groups is 1. The smallest absolute Gasteiger partial charge is 0.339 e. The summed E-state index contributed by atoms with van der Waals surface area (Å²) in [5, 5.41) is 11.6. The first-order valence-electron chi connectivity index (χ1n) is 11.3. The number of nitrogens with zero attached hydrogens (tertiary/aromatic N) is 6. The van der Waals surface area contributed by atoms with Gasteiger partial charge in [-0.2, -0.15) is 22.3 Å². The molecule has 1 aromatic carbocycles. The van der Waals surface area contributed by atoms with E-state index in [1.165, 1.54) is 27.3 Å². The summed E-state index contributed by atoms with van der Waals surface area (Å²) in [6.45, 7) is 2.64. The van der Waals surface area contributed by atoms with Gasteiger partial charge in [0.25, 0.3) is 0 Å². The second-order valence-corrected chi connectivity index (χ2v) is 10.1. The minimum Gasteiger partial charge on any atom is -0.339 e. The van der Waals surface area contributed by atoms with Crippen LogP contribution in [0.2, 0.25) is 0 Å². The minimum absolute atomic E-state index is 0.0220. The number of hydrogen-bond acceptors (Lipinski definition) is 5. The lowest BCUT2D eigenvalue weighted by Crippen LogP contribution is -2.47. The Labute approximate surface area is 203 Å². The molecule has 2 aliphatic rings. The fourth-order valence-corrected chi connectivity index (χ4v) is 5.43. The zero-order valence-electron chi connectivity index (χ0n) is 19.4. The molecule has 35 heavy (non-hydrogen) atoms. The van der Waals surface area contributed by atoms with Crippen LogP contribution in [0.3, 0.4) is 0 Å². The van der Waals surface area contributed by atoms with Crippen molar-refractivity contribution in [1.82, 2.24) is 29.4 Å². The highest BCUT2D eigenvalue weighted by Gasteiger charge is 2.54. The molecule has 0 spiro atoms. The molecule has 4 rings (SSSR count). The van der Waals surface area contributed by atoms with E-state index in [9.17, 15) is 26.7 Å². The van der Waals surface area contributed by atoms with E-state index in [1.807, 2.05) is 0 Å². The molecule has 1 aliphatic heterocycles. The third kappa shape index (κ3) is 5.62. The average Bonchev–Trinajstić information content (AvgIpc) is 3.53. The number of rotatable bonds is 7. The normalized spacial score (nSPS) is 19.5. The van der Waals surface area contributed by atoms with E-state index in [2.05, 4.69) is 15.4 Å². The summed E-state index contributed by atoms with van der Waals surface area (Å²) in [6, 6.07) is 3.35. The van der Waals surface area contributed by atoms with Crippen LogP contribution in [0.15, 0.2) is 24.3 Å². The van der Waals surface area contributed by atoms with E-state index in [0.717, 1.165) is 37.8 Å². The Hall–Kier alpha value is -2.64. The molecule has 9 nitrogen and oxygen atoms in total. The van der Waals surface area contributed by atoms with E-state index >= 15 is 0 Å². The molecule has 13 heteroatoms. The summed E-state index contributed by atoms with van der Waals surface area (Å²) in [5.74, 6) is 0.404. The average molecular weight is 513 g/mol. The lowest BCUT2D eigenvalue weighted by atomic mass is 9.87. The molecular formula is C22H27F3N6O3S. The molecule has 1 saturated carbocycles. The highest BCUT2D eigenvalue weighted by atomic mass is 32.2. The van der Waals surface area contributed by atoms with Crippen molar-refractivity contribution in [1.29, 1.82) is 0 Å². The minimum atomic E-state index is -4.50. The fourth-order valence-electron chi connectivity index (χ4n) is 4.79. The molecular weight excluding hydrogens is 485 g/mol. The lowest BCUT2D eigenvalue weighted by molar-refractivity contribution is -0.137. The van der Waals surface area contributed by atoms with Gasteiger partial charge in [0.05, 0.1) is 12.1 Å². The monoisotopic (exact) mass is 512 g/mol. The summed E-state index contributed by atoms with van der Waals surface area (Å²) >= 11 is -2.03. The van der Waals surface area contributed by atoms with Crippen LogP contribution in [-0.2, 0) is 28.8 Å². The number of amides is 1. The lowest BCUT2D eigenvalue weighted by Gasteiger charge is -2.38. The molecule has 1 saturated heterocycles. The largest absolute Gasteiger partial charge is 0.416 e. The first-order valence-corrected chi connectivity index (χ1v) is 12.3. The number of alkyl halides is 3. The van der Waals surface area contributed by atoms with Crippen LogP contribution in [0.1, 0.15) is 48.2 Å². The second kappa shape index (κ2) is 9.78. The number of piperidine rings is 1. The summed E-state index contributed by atoms with van der Waals surface area (Å²) < 4.78 is 62.3. The zero-order valence-corrected chi connectivity index (χ0v) is 20.2. The molecule has 1 aromatic heterocycles. The third-order valence-electron chi connectivity index (χ3n) is 6.93. The van der Waals surface area contributed by atoms with Crippen LogP contribution in [-0.4, -0.2) is 69.8 Å². The van der Waals surface area contributed by atoms with Crippen molar-refractivity contribution >= 4 is 23.2 Å². The molecule has 2 aromatic rings. The van der Waals surface area contributed by atoms with Crippen molar-refractivity contribution in [3.8, 4) is 0 Å². The molecule has 2 heterocycles. The van der Waals surface area contributed by atoms with Crippen molar-refractivity contribution < 1.29 is 26.7 Å². The van der Waals surface area contributed by atoms with Crippen molar-refractivity contribution in [2.24, 2.45) is 5.92 Å². The SMILES string of the molecule is Cc1nnn(Cc2cc(C(F)(F)F)ccc2/C=C/C(=O)N2CCC(C3(N(C)S(=O)O)CC3)CC2)n1. The Kier molecular flexibility index (Phi) is 7.11. The molecule has 2 fully saturated rings. The van der Waals surface area contributed by atoms with Gasteiger partial charge in [-0.3, -0.25) is 9.35 Å². The third-order valence-corrected chi connectivity index (χ3v) is 7.76. The molecule has 1 unspecified atom stereocenters. The Morgan fingerprint density at radius 3 is 2.54 bits per heavy atom. The van der Waals surface area contributed by atoms with Crippen molar-refractivity contribution in [3.05, 3.63) is 46.8 Å². The number of tetrazole rings is 1. The van der Waals surface area contributed by atoms with Crippen LogP contribution in [0.4, 0.5) is 13.2 Å². The van der Waals surface area contributed by atoms with Crippen LogP contribution >= 0.6 is 0 Å². The van der Waals surface area contributed by atoms with Crippen molar-refractivity contribution in [3.63, 3.8) is 0 Å². The number of likely N-dealkylation sites (tertiary alicyclic amines) is 1. The van der Waals surface area contributed by atoms with Crippen LogP contribution in [0.25, 0.3) is 6.08 Å². The molecule has 1 aliphatic carbocycles. The molecule has 1 N–H and O–H groups in total. The van der Waals surface area contributed by atoms with Gasteiger partial charge in [0, 0.05) is 31.8 Å². The number of aryl methyl sites for hydroxylation is 1. The van der Waals surface area contributed by atoms with Gasteiger partial charge in [-0.15, -0.1) is 10.2 Å². The highest BCUT2D eigenvalue weighted by molar-refractivity contribution is 7.76. The van der Waals surface area contributed by atoms with E-state index in [4.69, 9.17) is 0 Å². The van der Waals surface area contributed by atoms with Crippen LogP contribution in [0, 0.1) is 12.8 Å². The Morgan fingerprint density at radius 1 is 1.31 bits per heavy atom. The van der Waals surface area contributed by atoms with E-state index in [1.54, 1.807) is 18.9 Å². The quantitative estimate of drug-likeness (QED) is 0.452. The summed E-state index contributed by atoms with van der Waals surface area (Å²) in [7, 11) is 1.65. The number of hydrogen-bond donors (Lipinski definition) is 1. The molecule has 1 atom stereocenters. The summed E-state index contributed by atoms with van der Waals surface area (Å²) in [5.41, 5.74) is -0.290. The standard InChI is InChI=1S/C22H27F3N6O3S/c1-15-26-28-31(27-15)14-17-13-19(22(23,24)25)5-3-16(17)4-6-20(32)30-11-7-18(8-12-30)21(9-10-21)29(2)35(33)34/h3-6,13,18H,7-12,14H2,1-2H3,(H,33,34)/b6-4+. The Balaban J connectivity index is 1.44. The zero-order chi connectivity index (χ0) is 25.4. The van der Waals surface area contributed by atoms with E-state index in [-0.39, 0.29) is 23.9 Å². The summed E-state index contributed by atoms with van der Waals surface area (Å²) in [6.07, 6.45) is 1.57. The Bertz CT molecular complexity index is 1140. The van der Waals surface area contributed by atoms with E-state index < -0.39 is 23.0 Å². The fraction of sp³-hybridized carbons (Fsp3) is 0.545. The van der Waals surface area contributed by atoms with Gasteiger partial charge in [0.15, 0.2) is 5.82 Å². The maximum Gasteiger partial charge on any atom is 0.416 e. The molecule has 1 amide bonds. The molecule has 0 radical (unpaired) electrons. The summed E-state index contributed by atoms with van der Waals surface area (Å²) in [4.78, 5) is 15.7. The van der Waals surface area contributed by atoms with Gasteiger partial charge in [-0.25, -0.2) is 4.21 Å². The van der Waals surface area contributed by atoms with Gasteiger partial charge in [-0.05, 0) is 73.1 Å². The number of benzene rings is 1. The maximum absolute atomic E-state index is 13.3. The maximum atomic E-state index is 13.3. The highest BCUT2D eigenvalue weighted by Crippen LogP contribution is 2.51. The number of halogens is 3. The van der Waals surface area contributed by atoms with Gasteiger partial charge in [0.2, 0.25) is 17.2 Å². The van der Waals surface area contributed by atoms with Gasteiger partial charge in [-0.1, -0.05) is 6.07 Å². The van der Waals surface area contributed by atoms with Gasteiger partial charge in [0.1, 0.15) is 0 Å². The Morgan fingerprint density at radius 2 is 2.00 bits per heavy atom. The molecule has 0 bridgehead atoms. The first-order chi connectivity index (χ1) is 16.5. The first kappa shape index (κ1) is 25.5. The number of aromatic nitrogens is 4. The van der Waals surface area contributed by atoms with Crippen molar-refractivity contribution in [2.45, 2.75) is 50.9 Å². The van der Waals surface area contributed by atoms with Gasteiger partial charge >= 0.3 is 6.18 Å². The predicted molar refractivity (Wildman–Crippen MR) is 122 cm³/mol. The number of carbonyl (C=O) groups excluding carboxylic acids is 1. The van der Waals surface area contributed by atoms with Crippen molar-refractivity contribution in [2.75, 3.05) is 20.1 Å². The van der Waals surface area contributed by atoms with Gasteiger partial charge < -0.3 is 4.90 Å². The molecule has 190 valence electrons. The van der Waals surface area contributed by atoms with Crippen LogP contribution < -0.4 is 0 Å². The second-order valence-electron chi connectivity index (χ2n) is 9.04.